The van der Waals surface area contributed by atoms with Crippen molar-refractivity contribution in [3.8, 4) is 5.75 Å². The minimum atomic E-state index is -0.189. The Bertz CT molecular complexity index is 668. The van der Waals surface area contributed by atoms with Crippen LogP contribution in [0.1, 0.15) is 5.56 Å². The van der Waals surface area contributed by atoms with Crippen LogP contribution in [0.15, 0.2) is 48.5 Å². The van der Waals surface area contributed by atoms with Crippen LogP contribution < -0.4 is 10.1 Å². The van der Waals surface area contributed by atoms with Gasteiger partial charge in [0.25, 0.3) is 0 Å². The molecule has 0 radical (unpaired) electrons. The highest BCUT2D eigenvalue weighted by molar-refractivity contribution is 14.1. The van der Waals surface area contributed by atoms with Crippen molar-refractivity contribution in [2.45, 2.75) is 0 Å². The Labute approximate surface area is 142 Å². The minimum Gasteiger partial charge on any atom is -0.497 e. The Morgan fingerprint density at radius 2 is 1.95 bits per heavy atom. The van der Waals surface area contributed by atoms with Gasteiger partial charge in [0.05, 0.1) is 12.8 Å². The van der Waals surface area contributed by atoms with E-state index in [0.717, 1.165) is 20.6 Å². The van der Waals surface area contributed by atoms with E-state index >= 15 is 0 Å². The van der Waals surface area contributed by atoms with E-state index < -0.39 is 0 Å². The van der Waals surface area contributed by atoms with E-state index in [9.17, 15) is 4.79 Å². The monoisotopic (exact) mass is 413 g/mol. The van der Waals surface area contributed by atoms with E-state index in [2.05, 4.69) is 27.9 Å². The Morgan fingerprint density at radius 3 is 2.57 bits per heavy atom. The maximum Gasteiger partial charge on any atom is 0.248 e. The van der Waals surface area contributed by atoms with Gasteiger partial charge in [-0.2, -0.15) is 0 Å². The number of benzene rings is 2. The van der Waals surface area contributed by atoms with Crippen molar-refractivity contribution in [3.05, 3.63) is 62.7 Å². The molecule has 0 bridgehead atoms. The van der Waals surface area contributed by atoms with Gasteiger partial charge in [-0.25, -0.2) is 0 Å². The summed E-state index contributed by atoms with van der Waals surface area (Å²) in [5.41, 5.74) is 1.67. The molecule has 0 aliphatic heterocycles. The first-order valence-electron chi connectivity index (χ1n) is 6.16. The van der Waals surface area contributed by atoms with E-state index in [4.69, 9.17) is 16.3 Å². The molecular weight excluding hydrogens is 401 g/mol. The lowest BCUT2D eigenvalue weighted by atomic mass is 10.2. The highest BCUT2D eigenvalue weighted by atomic mass is 127. The number of carbonyl (C=O) groups excluding carboxylic acids is 1. The number of halogens is 2. The van der Waals surface area contributed by atoms with Gasteiger partial charge in [0.1, 0.15) is 5.75 Å². The molecule has 2 rings (SSSR count). The third kappa shape index (κ3) is 4.75. The normalized spacial score (nSPS) is 10.6. The summed E-state index contributed by atoms with van der Waals surface area (Å²) in [6, 6.07) is 12.8. The van der Waals surface area contributed by atoms with Gasteiger partial charge in [-0.3, -0.25) is 4.79 Å². The molecule has 0 aliphatic rings. The maximum absolute atomic E-state index is 11.9. The number of carbonyl (C=O) groups is 1. The molecule has 0 atom stereocenters. The lowest BCUT2D eigenvalue weighted by Crippen LogP contribution is -2.08. The molecule has 0 aliphatic carbocycles. The second kappa shape index (κ2) is 7.47. The van der Waals surface area contributed by atoms with E-state index in [-0.39, 0.29) is 5.91 Å². The number of amides is 1. The second-order valence-corrected chi connectivity index (χ2v) is 5.82. The smallest absolute Gasteiger partial charge is 0.248 e. The zero-order chi connectivity index (χ0) is 15.2. The summed E-state index contributed by atoms with van der Waals surface area (Å²) in [4.78, 5) is 11.9. The fourth-order valence-corrected chi connectivity index (χ4v) is 2.66. The van der Waals surface area contributed by atoms with Crippen molar-refractivity contribution in [3.63, 3.8) is 0 Å². The summed E-state index contributed by atoms with van der Waals surface area (Å²) in [6.07, 6.45) is 3.24. The number of rotatable bonds is 4. The SMILES string of the molecule is COc1ccc(/C=C/C(=O)Nc2ccc(Cl)cc2I)cc1. The molecule has 1 amide bonds. The second-order valence-electron chi connectivity index (χ2n) is 4.22. The van der Waals surface area contributed by atoms with Crippen molar-refractivity contribution >= 4 is 51.9 Å². The molecule has 0 aromatic heterocycles. The quantitative estimate of drug-likeness (QED) is 0.587. The van der Waals surface area contributed by atoms with Crippen molar-refractivity contribution < 1.29 is 9.53 Å². The topological polar surface area (TPSA) is 38.3 Å². The Balaban J connectivity index is 2.01. The first kappa shape index (κ1) is 15.9. The maximum atomic E-state index is 11.9. The molecule has 21 heavy (non-hydrogen) atoms. The highest BCUT2D eigenvalue weighted by Crippen LogP contribution is 2.22. The van der Waals surface area contributed by atoms with Gasteiger partial charge in [-0.1, -0.05) is 23.7 Å². The number of hydrogen-bond acceptors (Lipinski definition) is 2. The Kier molecular flexibility index (Phi) is 5.64. The first-order chi connectivity index (χ1) is 10.1. The Morgan fingerprint density at radius 1 is 1.24 bits per heavy atom. The molecule has 0 heterocycles. The van der Waals surface area contributed by atoms with Crippen LogP contribution in [0, 0.1) is 3.57 Å². The molecule has 3 nitrogen and oxygen atoms in total. The lowest BCUT2D eigenvalue weighted by molar-refractivity contribution is -0.111. The summed E-state index contributed by atoms with van der Waals surface area (Å²) in [6.45, 7) is 0. The predicted molar refractivity (Wildman–Crippen MR) is 94.8 cm³/mol. The van der Waals surface area contributed by atoms with E-state index in [1.54, 1.807) is 31.4 Å². The van der Waals surface area contributed by atoms with Crippen LogP contribution in [0.2, 0.25) is 5.02 Å². The van der Waals surface area contributed by atoms with E-state index in [1.165, 1.54) is 6.08 Å². The van der Waals surface area contributed by atoms with Gasteiger partial charge in [0, 0.05) is 14.7 Å². The fourth-order valence-electron chi connectivity index (χ4n) is 1.65. The fraction of sp³-hybridized carbons (Fsp3) is 0.0625. The summed E-state index contributed by atoms with van der Waals surface area (Å²) in [5, 5.41) is 3.46. The van der Waals surface area contributed by atoms with Crippen molar-refractivity contribution in [1.82, 2.24) is 0 Å². The molecule has 108 valence electrons. The summed E-state index contributed by atoms with van der Waals surface area (Å²) < 4.78 is 5.98. The van der Waals surface area contributed by atoms with Crippen LogP contribution in [0.4, 0.5) is 5.69 Å². The zero-order valence-corrected chi connectivity index (χ0v) is 14.2. The van der Waals surface area contributed by atoms with Crippen LogP contribution in [-0.4, -0.2) is 13.0 Å². The average molecular weight is 414 g/mol. The van der Waals surface area contributed by atoms with Gasteiger partial charge < -0.3 is 10.1 Å². The van der Waals surface area contributed by atoms with Gasteiger partial charge in [0.2, 0.25) is 5.91 Å². The number of nitrogens with one attached hydrogen (secondary N) is 1. The molecule has 5 heteroatoms. The number of methoxy groups -OCH3 is 1. The van der Waals surface area contributed by atoms with Crippen LogP contribution in [0.5, 0.6) is 5.75 Å². The largest absolute Gasteiger partial charge is 0.497 e. The average Bonchev–Trinajstić information content (AvgIpc) is 2.48. The van der Waals surface area contributed by atoms with E-state index in [1.807, 2.05) is 24.3 Å². The minimum absolute atomic E-state index is 0.189. The highest BCUT2D eigenvalue weighted by Gasteiger charge is 2.03. The van der Waals surface area contributed by atoms with Crippen LogP contribution in [-0.2, 0) is 4.79 Å². The molecule has 0 saturated carbocycles. The van der Waals surface area contributed by atoms with E-state index in [0.29, 0.717) is 5.02 Å². The van der Waals surface area contributed by atoms with Crippen molar-refractivity contribution in [2.24, 2.45) is 0 Å². The molecule has 2 aromatic rings. The van der Waals surface area contributed by atoms with Crippen molar-refractivity contribution in [1.29, 1.82) is 0 Å². The molecule has 0 fully saturated rings. The number of ether oxygens (including phenoxy) is 1. The zero-order valence-electron chi connectivity index (χ0n) is 11.3. The summed E-state index contributed by atoms with van der Waals surface area (Å²) in [7, 11) is 1.62. The van der Waals surface area contributed by atoms with Gasteiger partial charge in [-0.05, 0) is 64.6 Å². The van der Waals surface area contributed by atoms with Gasteiger partial charge in [-0.15, -0.1) is 0 Å². The van der Waals surface area contributed by atoms with Crippen LogP contribution >= 0.6 is 34.2 Å². The molecule has 0 unspecified atom stereocenters. The summed E-state index contributed by atoms with van der Waals surface area (Å²) >= 11 is 8.01. The van der Waals surface area contributed by atoms with Crippen molar-refractivity contribution in [2.75, 3.05) is 12.4 Å². The molecular formula is C16H13ClINO2. The molecule has 0 saturated heterocycles. The first-order valence-corrected chi connectivity index (χ1v) is 7.62. The summed E-state index contributed by atoms with van der Waals surface area (Å²) in [5.74, 6) is 0.596. The van der Waals surface area contributed by atoms with Gasteiger partial charge in [0.15, 0.2) is 0 Å². The third-order valence-electron chi connectivity index (χ3n) is 2.73. The van der Waals surface area contributed by atoms with Crippen LogP contribution in [0.3, 0.4) is 0 Å². The lowest BCUT2D eigenvalue weighted by Gasteiger charge is -2.05. The van der Waals surface area contributed by atoms with Gasteiger partial charge >= 0.3 is 0 Å². The third-order valence-corrected chi connectivity index (χ3v) is 3.86. The molecule has 1 N–H and O–H groups in total. The predicted octanol–water partition coefficient (Wildman–Crippen LogP) is 4.61. The standard InChI is InChI=1S/C16H13ClINO2/c1-21-13-6-2-11(3-7-13)4-9-16(20)19-15-8-5-12(17)10-14(15)18/h2-10H,1H3,(H,19,20)/b9-4+. The van der Waals surface area contributed by atoms with Crippen LogP contribution in [0.25, 0.3) is 6.08 Å². The molecule has 2 aromatic carbocycles. The molecule has 0 spiro atoms. The number of anilines is 1. The Hall–Kier alpha value is -1.53. The number of hydrogen-bond donors (Lipinski definition) is 1.